The van der Waals surface area contributed by atoms with Gasteiger partial charge in [-0.3, -0.25) is 9.59 Å². The fraction of sp³-hybridized carbons (Fsp3) is 0.130. The Morgan fingerprint density at radius 2 is 1.42 bits per heavy atom. The maximum atomic E-state index is 12.4. The standard InChI is InChI=1S/C23H18N6O2/c1-15(27-23(31)21-7-3-5-19(13-25)29-21)17-10-8-16(9-11-17)14-26-22(30)20-6-2-4-18(12-24)28-20/h2-11,15H,14H2,1H3,(H,26,30)(H,27,31). The lowest BCUT2D eigenvalue weighted by Gasteiger charge is -2.15. The summed E-state index contributed by atoms with van der Waals surface area (Å²) in [5, 5.41) is 23.4. The van der Waals surface area contributed by atoms with Crippen molar-refractivity contribution in [2.24, 2.45) is 0 Å². The van der Waals surface area contributed by atoms with Crippen molar-refractivity contribution in [2.45, 2.75) is 19.5 Å². The quantitative estimate of drug-likeness (QED) is 0.642. The van der Waals surface area contributed by atoms with Gasteiger partial charge >= 0.3 is 0 Å². The highest BCUT2D eigenvalue weighted by Gasteiger charge is 2.13. The molecule has 2 heterocycles. The van der Waals surface area contributed by atoms with Crippen molar-refractivity contribution in [2.75, 3.05) is 0 Å². The molecular weight excluding hydrogens is 392 g/mol. The largest absolute Gasteiger partial charge is 0.347 e. The summed E-state index contributed by atoms with van der Waals surface area (Å²) < 4.78 is 0. The average molecular weight is 410 g/mol. The average Bonchev–Trinajstić information content (AvgIpc) is 2.82. The number of rotatable bonds is 6. The predicted octanol–water partition coefficient (Wildman–Crippen LogP) is 2.64. The first-order valence-corrected chi connectivity index (χ1v) is 9.42. The van der Waals surface area contributed by atoms with Crippen molar-refractivity contribution in [3.63, 3.8) is 0 Å². The van der Waals surface area contributed by atoms with Crippen LogP contribution in [-0.4, -0.2) is 21.8 Å². The molecule has 0 saturated heterocycles. The molecule has 0 aliphatic carbocycles. The number of amides is 2. The van der Waals surface area contributed by atoms with Gasteiger partial charge in [0.15, 0.2) is 0 Å². The van der Waals surface area contributed by atoms with Crippen LogP contribution in [0, 0.1) is 22.7 Å². The Labute approximate surface area is 179 Å². The van der Waals surface area contributed by atoms with Crippen LogP contribution in [0.4, 0.5) is 0 Å². The van der Waals surface area contributed by atoms with Crippen molar-refractivity contribution in [3.8, 4) is 12.1 Å². The van der Waals surface area contributed by atoms with E-state index >= 15 is 0 Å². The molecule has 3 rings (SSSR count). The first kappa shape index (κ1) is 21.2. The molecule has 2 aromatic heterocycles. The van der Waals surface area contributed by atoms with E-state index in [4.69, 9.17) is 10.5 Å². The minimum atomic E-state index is -0.368. The number of benzene rings is 1. The molecular formula is C23H18N6O2. The molecule has 0 saturated carbocycles. The molecule has 31 heavy (non-hydrogen) atoms. The summed E-state index contributed by atoms with van der Waals surface area (Å²) in [5.74, 6) is -0.734. The smallest absolute Gasteiger partial charge is 0.270 e. The zero-order chi connectivity index (χ0) is 22.2. The van der Waals surface area contributed by atoms with Gasteiger partial charge in [-0.25, -0.2) is 9.97 Å². The third-order valence-corrected chi connectivity index (χ3v) is 4.47. The van der Waals surface area contributed by atoms with Crippen LogP contribution in [0.5, 0.6) is 0 Å². The molecule has 1 aromatic carbocycles. The Balaban J connectivity index is 1.57. The zero-order valence-electron chi connectivity index (χ0n) is 16.7. The lowest BCUT2D eigenvalue weighted by Crippen LogP contribution is -2.27. The van der Waals surface area contributed by atoms with Gasteiger partial charge in [-0.15, -0.1) is 0 Å². The Hall–Kier alpha value is -4.56. The molecule has 2 amide bonds. The molecule has 1 unspecified atom stereocenters. The van der Waals surface area contributed by atoms with Gasteiger partial charge in [-0.05, 0) is 42.3 Å². The van der Waals surface area contributed by atoms with Gasteiger partial charge in [0.1, 0.15) is 34.9 Å². The van der Waals surface area contributed by atoms with Gasteiger partial charge in [0.05, 0.1) is 6.04 Å². The Morgan fingerprint density at radius 1 is 0.871 bits per heavy atom. The van der Waals surface area contributed by atoms with E-state index < -0.39 is 0 Å². The molecule has 1 atom stereocenters. The molecule has 152 valence electrons. The van der Waals surface area contributed by atoms with E-state index in [1.165, 1.54) is 12.1 Å². The lowest BCUT2D eigenvalue weighted by molar-refractivity contribution is 0.0930. The monoisotopic (exact) mass is 410 g/mol. The molecule has 8 nitrogen and oxygen atoms in total. The van der Waals surface area contributed by atoms with Crippen molar-refractivity contribution in [3.05, 3.63) is 94.6 Å². The summed E-state index contributed by atoms with van der Waals surface area (Å²) in [5.41, 5.74) is 2.47. The highest BCUT2D eigenvalue weighted by atomic mass is 16.2. The molecule has 2 N–H and O–H groups in total. The maximum absolute atomic E-state index is 12.4. The third kappa shape index (κ3) is 5.49. The Kier molecular flexibility index (Phi) is 6.67. The Morgan fingerprint density at radius 3 is 1.97 bits per heavy atom. The molecule has 3 aromatic rings. The molecule has 0 spiro atoms. The minimum Gasteiger partial charge on any atom is -0.347 e. The predicted molar refractivity (Wildman–Crippen MR) is 111 cm³/mol. The van der Waals surface area contributed by atoms with Crippen molar-refractivity contribution in [1.82, 2.24) is 20.6 Å². The Bertz CT molecular complexity index is 1190. The molecule has 0 aliphatic rings. The summed E-state index contributed by atoms with van der Waals surface area (Å²) >= 11 is 0. The SMILES string of the molecule is CC(NC(=O)c1cccc(C#N)n1)c1ccc(CNC(=O)c2cccc(C#N)n2)cc1. The fourth-order valence-electron chi connectivity index (χ4n) is 2.80. The molecule has 0 bridgehead atoms. The minimum absolute atomic E-state index is 0.180. The number of nitrogens with one attached hydrogen (secondary N) is 2. The summed E-state index contributed by atoms with van der Waals surface area (Å²) in [4.78, 5) is 32.5. The first-order chi connectivity index (χ1) is 15.0. The number of nitriles is 2. The number of hydrogen-bond acceptors (Lipinski definition) is 6. The van der Waals surface area contributed by atoms with Gasteiger partial charge in [-0.2, -0.15) is 10.5 Å². The highest BCUT2D eigenvalue weighted by molar-refractivity contribution is 5.93. The van der Waals surface area contributed by atoms with Crippen LogP contribution in [0.3, 0.4) is 0 Å². The van der Waals surface area contributed by atoms with Crippen LogP contribution in [-0.2, 0) is 6.54 Å². The number of hydrogen-bond donors (Lipinski definition) is 2. The lowest BCUT2D eigenvalue weighted by atomic mass is 10.1. The molecule has 8 heteroatoms. The second-order valence-corrected chi connectivity index (χ2v) is 6.66. The number of carbonyl (C=O) groups is 2. The van der Waals surface area contributed by atoms with E-state index in [1.807, 2.05) is 43.3 Å². The van der Waals surface area contributed by atoms with E-state index in [1.54, 1.807) is 24.3 Å². The fourth-order valence-corrected chi connectivity index (χ4v) is 2.80. The van der Waals surface area contributed by atoms with Crippen LogP contribution in [0.25, 0.3) is 0 Å². The van der Waals surface area contributed by atoms with Gasteiger partial charge in [0.25, 0.3) is 11.8 Å². The number of carbonyl (C=O) groups excluding carboxylic acids is 2. The maximum Gasteiger partial charge on any atom is 0.270 e. The normalized spacial score (nSPS) is 10.9. The highest BCUT2D eigenvalue weighted by Crippen LogP contribution is 2.14. The van der Waals surface area contributed by atoms with Crippen LogP contribution in [0.15, 0.2) is 60.7 Å². The topological polar surface area (TPSA) is 132 Å². The first-order valence-electron chi connectivity index (χ1n) is 9.42. The van der Waals surface area contributed by atoms with E-state index in [0.717, 1.165) is 11.1 Å². The summed E-state index contributed by atoms with van der Waals surface area (Å²) in [6, 6.07) is 20.4. The van der Waals surface area contributed by atoms with Crippen molar-refractivity contribution < 1.29 is 9.59 Å². The van der Waals surface area contributed by atoms with Crippen LogP contribution >= 0.6 is 0 Å². The second-order valence-electron chi connectivity index (χ2n) is 6.66. The van der Waals surface area contributed by atoms with Gasteiger partial charge in [0.2, 0.25) is 0 Å². The van der Waals surface area contributed by atoms with Crippen LogP contribution in [0.1, 0.15) is 56.5 Å². The summed E-state index contributed by atoms with van der Waals surface area (Å²) in [6.07, 6.45) is 0. The molecule has 0 radical (unpaired) electrons. The number of aromatic nitrogens is 2. The molecule has 0 fully saturated rings. The van der Waals surface area contributed by atoms with Gasteiger partial charge in [0, 0.05) is 6.54 Å². The second kappa shape index (κ2) is 9.77. The van der Waals surface area contributed by atoms with Gasteiger partial charge in [-0.1, -0.05) is 36.4 Å². The summed E-state index contributed by atoms with van der Waals surface area (Å²) in [6.45, 7) is 2.14. The van der Waals surface area contributed by atoms with E-state index in [0.29, 0.717) is 6.54 Å². The zero-order valence-corrected chi connectivity index (χ0v) is 16.7. The number of nitrogens with zero attached hydrogens (tertiary/aromatic N) is 4. The van der Waals surface area contributed by atoms with E-state index in [2.05, 4.69) is 20.6 Å². The van der Waals surface area contributed by atoms with E-state index in [-0.39, 0.29) is 40.6 Å². The number of pyridine rings is 2. The van der Waals surface area contributed by atoms with E-state index in [9.17, 15) is 9.59 Å². The van der Waals surface area contributed by atoms with Crippen LogP contribution < -0.4 is 10.6 Å². The molecule has 0 aliphatic heterocycles. The van der Waals surface area contributed by atoms with Crippen molar-refractivity contribution >= 4 is 11.8 Å². The van der Waals surface area contributed by atoms with Gasteiger partial charge < -0.3 is 10.6 Å². The van der Waals surface area contributed by atoms with Crippen molar-refractivity contribution in [1.29, 1.82) is 10.5 Å². The third-order valence-electron chi connectivity index (χ3n) is 4.47. The summed E-state index contributed by atoms with van der Waals surface area (Å²) in [7, 11) is 0. The van der Waals surface area contributed by atoms with Crippen LogP contribution in [0.2, 0.25) is 0 Å².